The predicted octanol–water partition coefficient (Wildman–Crippen LogP) is 2.37. The van der Waals surface area contributed by atoms with Crippen molar-refractivity contribution in [2.24, 2.45) is 0 Å². The van der Waals surface area contributed by atoms with Gasteiger partial charge in [0, 0.05) is 24.8 Å². The summed E-state index contributed by atoms with van der Waals surface area (Å²) in [7, 11) is 0. The summed E-state index contributed by atoms with van der Waals surface area (Å²) >= 11 is 0. The SMILES string of the molecule is CCC1COC(C)CN1c1cncc(CNC(C)(C)C)n1. The van der Waals surface area contributed by atoms with Gasteiger partial charge in [-0.2, -0.15) is 0 Å². The lowest BCUT2D eigenvalue weighted by molar-refractivity contribution is 0.0296. The number of hydrogen-bond acceptors (Lipinski definition) is 5. The summed E-state index contributed by atoms with van der Waals surface area (Å²) in [5.74, 6) is 0.963. The smallest absolute Gasteiger partial charge is 0.147 e. The summed E-state index contributed by atoms with van der Waals surface area (Å²) in [6.45, 7) is 13.1. The second kappa shape index (κ2) is 6.71. The Morgan fingerprint density at radius 3 is 2.81 bits per heavy atom. The number of nitrogens with one attached hydrogen (secondary N) is 1. The molecule has 5 nitrogen and oxygen atoms in total. The molecule has 2 rings (SSSR count). The van der Waals surface area contributed by atoms with Gasteiger partial charge in [0.2, 0.25) is 0 Å². The first-order valence-electron chi connectivity index (χ1n) is 7.83. The molecule has 1 aromatic rings. The zero-order chi connectivity index (χ0) is 15.5. The highest BCUT2D eigenvalue weighted by molar-refractivity contribution is 5.39. The number of rotatable bonds is 4. The van der Waals surface area contributed by atoms with E-state index in [4.69, 9.17) is 9.72 Å². The molecule has 0 spiro atoms. The minimum absolute atomic E-state index is 0.0805. The first-order valence-corrected chi connectivity index (χ1v) is 7.83. The fraction of sp³-hybridized carbons (Fsp3) is 0.750. The first kappa shape index (κ1) is 16.2. The lowest BCUT2D eigenvalue weighted by Gasteiger charge is -2.39. The number of anilines is 1. The summed E-state index contributed by atoms with van der Waals surface area (Å²) in [6, 6.07) is 0.390. The van der Waals surface area contributed by atoms with Crippen LogP contribution in [0.1, 0.15) is 46.7 Å². The zero-order valence-electron chi connectivity index (χ0n) is 13.9. The van der Waals surface area contributed by atoms with E-state index in [0.717, 1.165) is 37.6 Å². The fourth-order valence-corrected chi connectivity index (χ4v) is 2.44. The van der Waals surface area contributed by atoms with Crippen molar-refractivity contribution in [2.75, 3.05) is 18.1 Å². The van der Waals surface area contributed by atoms with Gasteiger partial charge in [-0.3, -0.25) is 4.98 Å². The molecule has 2 atom stereocenters. The van der Waals surface area contributed by atoms with Crippen molar-refractivity contribution in [1.82, 2.24) is 15.3 Å². The van der Waals surface area contributed by atoms with E-state index in [-0.39, 0.29) is 11.6 Å². The van der Waals surface area contributed by atoms with E-state index in [1.807, 2.05) is 12.4 Å². The van der Waals surface area contributed by atoms with Gasteiger partial charge in [0.25, 0.3) is 0 Å². The van der Waals surface area contributed by atoms with E-state index in [0.29, 0.717) is 6.04 Å². The van der Waals surface area contributed by atoms with Crippen LogP contribution in [-0.4, -0.2) is 40.8 Å². The molecule has 0 aromatic carbocycles. The van der Waals surface area contributed by atoms with Crippen molar-refractivity contribution < 1.29 is 4.74 Å². The maximum Gasteiger partial charge on any atom is 0.147 e. The summed E-state index contributed by atoms with van der Waals surface area (Å²) < 4.78 is 5.75. The Labute approximate surface area is 128 Å². The molecule has 1 aromatic heterocycles. The number of hydrogen-bond donors (Lipinski definition) is 1. The van der Waals surface area contributed by atoms with Crippen LogP contribution >= 0.6 is 0 Å². The zero-order valence-corrected chi connectivity index (χ0v) is 13.9. The van der Waals surface area contributed by atoms with Gasteiger partial charge in [0.1, 0.15) is 5.82 Å². The quantitative estimate of drug-likeness (QED) is 0.923. The molecule has 0 radical (unpaired) electrons. The van der Waals surface area contributed by atoms with Crippen LogP contribution < -0.4 is 10.2 Å². The average molecular weight is 292 g/mol. The van der Waals surface area contributed by atoms with Gasteiger partial charge in [0.05, 0.1) is 30.6 Å². The van der Waals surface area contributed by atoms with E-state index in [9.17, 15) is 0 Å². The van der Waals surface area contributed by atoms with Crippen molar-refractivity contribution in [1.29, 1.82) is 0 Å². The van der Waals surface area contributed by atoms with Crippen molar-refractivity contribution >= 4 is 5.82 Å². The molecular formula is C16H28N4O. The lowest BCUT2D eigenvalue weighted by atomic mass is 10.1. The summed E-state index contributed by atoms with van der Waals surface area (Å²) in [5.41, 5.74) is 1.06. The maximum absolute atomic E-state index is 5.75. The molecule has 1 saturated heterocycles. The summed E-state index contributed by atoms with van der Waals surface area (Å²) in [5, 5.41) is 3.46. The van der Waals surface area contributed by atoms with Crippen molar-refractivity contribution in [3.63, 3.8) is 0 Å². The lowest BCUT2D eigenvalue weighted by Crippen LogP contribution is -2.49. The van der Waals surface area contributed by atoms with E-state index >= 15 is 0 Å². The largest absolute Gasteiger partial charge is 0.375 e. The molecular weight excluding hydrogens is 264 g/mol. The molecule has 2 unspecified atom stereocenters. The highest BCUT2D eigenvalue weighted by Crippen LogP contribution is 2.21. The van der Waals surface area contributed by atoms with Crippen LogP contribution in [0.5, 0.6) is 0 Å². The Kier molecular flexibility index (Phi) is 5.17. The van der Waals surface area contributed by atoms with Gasteiger partial charge in [-0.25, -0.2) is 4.98 Å². The summed E-state index contributed by atoms with van der Waals surface area (Å²) in [6.07, 6.45) is 5.00. The molecule has 118 valence electrons. The van der Waals surface area contributed by atoms with Crippen LogP contribution in [0.25, 0.3) is 0 Å². The van der Waals surface area contributed by atoms with Crippen molar-refractivity contribution in [2.45, 2.75) is 65.3 Å². The van der Waals surface area contributed by atoms with Gasteiger partial charge in [-0.1, -0.05) is 6.92 Å². The third kappa shape index (κ3) is 4.64. The second-order valence-electron chi connectivity index (χ2n) is 6.83. The molecule has 0 saturated carbocycles. The van der Waals surface area contributed by atoms with Crippen LogP contribution in [0.15, 0.2) is 12.4 Å². The van der Waals surface area contributed by atoms with Crippen LogP contribution in [0.2, 0.25) is 0 Å². The van der Waals surface area contributed by atoms with E-state index in [1.165, 1.54) is 0 Å². The van der Waals surface area contributed by atoms with Gasteiger partial charge in [-0.15, -0.1) is 0 Å². The second-order valence-corrected chi connectivity index (χ2v) is 6.83. The number of ether oxygens (including phenoxy) is 1. The monoisotopic (exact) mass is 292 g/mol. The van der Waals surface area contributed by atoms with Crippen LogP contribution in [0.4, 0.5) is 5.82 Å². The molecule has 2 heterocycles. The van der Waals surface area contributed by atoms with Crippen molar-refractivity contribution in [3.8, 4) is 0 Å². The van der Waals surface area contributed by atoms with Gasteiger partial charge < -0.3 is 15.0 Å². The molecule has 0 bridgehead atoms. The highest BCUT2D eigenvalue weighted by Gasteiger charge is 2.26. The maximum atomic E-state index is 5.75. The third-order valence-corrected chi connectivity index (χ3v) is 3.70. The van der Waals surface area contributed by atoms with Crippen LogP contribution in [0, 0.1) is 0 Å². The van der Waals surface area contributed by atoms with E-state index < -0.39 is 0 Å². The first-order chi connectivity index (χ1) is 9.89. The standard InChI is InChI=1S/C16H28N4O/c1-6-14-11-21-12(2)10-20(14)15-9-17-7-13(19-15)8-18-16(3,4)5/h7,9,12,14,18H,6,8,10-11H2,1-5H3. The van der Waals surface area contributed by atoms with E-state index in [2.05, 4.69) is 49.8 Å². The Bertz CT molecular complexity index is 458. The predicted molar refractivity (Wildman–Crippen MR) is 85.5 cm³/mol. The molecule has 1 fully saturated rings. The molecule has 0 amide bonds. The molecule has 0 aliphatic carbocycles. The minimum Gasteiger partial charge on any atom is -0.375 e. The van der Waals surface area contributed by atoms with Gasteiger partial charge in [0.15, 0.2) is 0 Å². The molecule has 5 heteroatoms. The Morgan fingerprint density at radius 2 is 2.14 bits per heavy atom. The Hall–Kier alpha value is -1.20. The topological polar surface area (TPSA) is 50.3 Å². The van der Waals surface area contributed by atoms with Crippen LogP contribution in [-0.2, 0) is 11.3 Å². The van der Waals surface area contributed by atoms with Gasteiger partial charge >= 0.3 is 0 Å². The number of nitrogens with zero attached hydrogens (tertiary/aromatic N) is 3. The molecule has 1 aliphatic rings. The fourth-order valence-electron chi connectivity index (χ4n) is 2.44. The summed E-state index contributed by atoms with van der Waals surface area (Å²) in [4.78, 5) is 11.5. The third-order valence-electron chi connectivity index (χ3n) is 3.70. The van der Waals surface area contributed by atoms with Crippen LogP contribution in [0.3, 0.4) is 0 Å². The number of aromatic nitrogens is 2. The number of morpholine rings is 1. The Balaban J connectivity index is 2.11. The highest BCUT2D eigenvalue weighted by atomic mass is 16.5. The molecule has 1 aliphatic heterocycles. The normalized spacial score (nSPS) is 23.4. The molecule has 21 heavy (non-hydrogen) atoms. The minimum atomic E-state index is 0.0805. The van der Waals surface area contributed by atoms with E-state index in [1.54, 1.807) is 0 Å². The Morgan fingerprint density at radius 1 is 1.38 bits per heavy atom. The molecule has 1 N–H and O–H groups in total. The average Bonchev–Trinajstić information content (AvgIpc) is 2.45. The van der Waals surface area contributed by atoms with Gasteiger partial charge in [-0.05, 0) is 34.1 Å². The van der Waals surface area contributed by atoms with Crippen molar-refractivity contribution in [3.05, 3.63) is 18.1 Å².